The molecule has 0 aliphatic rings. The minimum Gasteiger partial charge on any atom is -0.506 e. The van der Waals surface area contributed by atoms with Crippen molar-refractivity contribution in [1.82, 2.24) is 15.0 Å². The standard InChI is InChI=1S/C28H27N3O8S2.C7H7NO3/c1-17(16-36-3)37-22-9-19(10-23(12-22)38-21-5-7-25(8-6-21)41(4,34)35)27(33)31-28-30-15-26(40-28)39-24-11-20(18(2)32)13-29-14-24;1-11-7(10)5-2-6(9)4-8-3-5/h5-15,17H,16H2,1-4H3,(H,30,31,33);2-4,9H,1H3/t17-;/m0./s1. The third-order valence-corrected chi connectivity index (χ3v) is 8.48. The number of ether oxygens (including phenoxy) is 5. The number of carbonyl (C=O) groups is 3. The summed E-state index contributed by atoms with van der Waals surface area (Å²) in [5.41, 5.74) is 0.880. The van der Waals surface area contributed by atoms with Crippen molar-refractivity contribution in [3.8, 4) is 33.8 Å². The van der Waals surface area contributed by atoms with Gasteiger partial charge in [0.1, 0.15) is 34.9 Å². The molecule has 2 N–H and O–H groups in total. The van der Waals surface area contributed by atoms with E-state index < -0.39 is 21.7 Å². The number of aromatic hydroxyl groups is 1. The Hall–Kier alpha value is -5.91. The first-order chi connectivity index (χ1) is 24.7. The highest BCUT2D eigenvalue weighted by Gasteiger charge is 2.16. The van der Waals surface area contributed by atoms with Crippen LogP contribution in [0.5, 0.6) is 33.8 Å². The van der Waals surface area contributed by atoms with Crippen LogP contribution in [0.1, 0.15) is 44.9 Å². The Balaban J connectivity index is 0.000000470. The number of hydrogen-bond donors (Lipinski definition) is 2. The molecule has 1 amide bonds. The molecule has 0 spiro atoms. The first-order valence-electron chi connectivity index (χ1n) is 15.2. The molecular formula is C35H34N4O11S2. The Morgan fingerprint density at radius 3 is 2.15 bits per heavy atom. The molecule has 0 aliphatic carbocycles. The minimum atomic E-state index is -3.36. The lowest BCUT2D eigenvalue weighted by Crippen LogP contribution is -2.18. The summed E-state index contributed by atoms with van der Waals surface area (Å²) in [6.45, 7) is 3.58. The number of thiazole rings is 1. The van der Waals surface area contributed by atoms with Gasteiger partial charge < -0.3 is 28.8 Å². The maximum Gasteiger partial charge on any atom is 0.339 e. The second-order valence-corrected chi connectivity index (χ2v) is 13.9. The van der Waals surface area contributed by atoms with Gasteiger partial charge in [0, 0.05) is 43.0 Å². The third-order valence-electron chi connectivity index (χ3n) is 6.56. The highest BCUT2D eigenvalue weighted by Crippen LogP contribution is 2.32. The average molecular weight is 751 g/mol. The normalized spacial score (nSPS) is 11.3. The van der Waals surface area contributed by atoms with Crippen molar-refractivity contribution in [3.63, 3.8) is 0 Å². The van der Waals surface area contributed by atoms with E-state index in [0.29, 0.717) is 40.2 Å². The first-order valence-corrected chi connectivity index (χ1v) is 17.9. The van der Waals surface area contributed by atoms with Gasteiger partial charge in [-0.1, -0.05) is 11.3 Å². The molecule has 1 atom stereocenters. The van der Waals surface area contributed by atoms with Crippen LogP contribution < -0.4 is 19.5 Å². The number of carbonyl (C=O) groups excluding carboxylic acids is 3. The fourth-order valence-electron chi connectivity index (χ4n) is 4.20. The predicted octanol–water partition coefficient (Wildman–Crippen LogP) is 5.97. The van der Waals surface area contributed by atoms with Gasteiger partial charge in [0.25, 0.3) is 5.91 Å². The number of sulfone groups is 1. The van der Waals surface area contributed by atoms with Gasteiger partial charge in [0.15, 0.2) is 20.8 Å². The van der Waals surface area contributed by atoms with Crippen molar-refractivity contribution in [1.29, 1.82) is 0 Å². The Kier molecular flexibility index (Phi) is 13.3. The highest BCUT2D eigenvalue weighted by molar-refractivity contribution is 7.90. The van der Waals surface area contributed by atoms with E-state index >= 15 is 0 Å². The molecule has 272 valence electrons. The van der Waals surface area contributed by atoms with Gasteiger partial charge in [-0.3, -0.25) is 24.9 Å². The van der Waals surface area contributed by atoms with Gasteiger partial charge >= 0.3 is 5.97 Å². The number of nitrogens with zero attached hydrogens (tertiary/aromatic N) is 3. The van der Waals surface area contributed by atoms with Gasteiger partial charge in [-0.25, -0.2) is 18.2 Å². The van der Waals surface area contributed by atoms with Gasteiger partial charge in [0.05, 0.1) is 42.8 Å². The largest absolute Gasteiger partial charge is 0.506 e. The molecule has 0 saturated carbocycles. The molecule has 5 aromatic rings. The van der Waals surface area contributed by atoms with Gasteiger partial charge in [0.2, 0.25) is 5.06 Å². The number of pyridine rings is 2. The van der Waals surface area contributed by atoms with E-state index in [1.54, 1.807) is 25.3 Å². The van der Waals surface area contributed by atoms with Gasteiger partial charge in [-0.05, 0) is 62.4 Å². The molecular weight excluding hydrogens is 717 g/mol. The molecule has 2 aromatic carbocycles. The van der Waals surface area contributed by atoms with Crippen LogP contribution in [0.25, 0.3) is 0 Å². The molecule has 5 rings (SSSR count). The minimum absolute atomic E-state index is 0.0482. The monoisotopic (exact) mass is 750 g/mol. The highest BCUT2D eigenvalue weighted by atomic mass is 32.2. The second kappa shape index (κ2) is 17.8. The number of methoxy groups -OCH3 is 2. The Bertz CT molecular complexity index is 2140. The van der Waals surface area contributed by atoms with Crippen LogP contribution in [0.2, 0.25) is 0 Å². The molecule has 3 heterocycles. The fraction of sp³-hybridized carbons (Fsp3) is 0.200. The molecule has 0 fully saturated rings. The summed E-state index contributed by atoms with van der Waals surface area (Å²) in [6, 6.07) is 13.5. The quantitative estimate of drug-likeness (QED) is 0.105. The topological polar surface area (TPSA) is 202 Å². The Morgan fingerprint density at radius 1 is 0.827 bits per heavy atom. The van der Waals surface area contributed by atoms with Gasteiger partial charge in [-0.2, -0.15) is 0 Å². The lowest BCUT2D eigenvalue weighted by molar-refractivity contribution is 0.0599. The summed E-state index contributed by atoms with van der Waals surface area (Å²) in [6.07, 6.45) is 7.74. The summed E-state index contributed by atoms with van der Waals surface area (Å²) < 4.78 is 50.6. The lowest BCUT2D eigenvalue weighted by Gasteiger charge is -2.16. The summed E-state index contributed by atoms with van der Waals surface area (Å²) in [4.78, 5) is 47.5. The van der Waals surface area contributed by atoms with Crippen LogP contribution in [-0.2, 0) is 19.3 Å². The van der Waals surface area contributed by atoms with E-state index in [2.05, 4.69) is 25.0 Å². The predicted molar refractivity (Wildman–Crippen MR) is 190 cm³/mol. The maximum absolute atomic E-state index is 13.2. The van der Waals surface area contributed by atoms with Crippen molar-refractivity contribution in [2.24, 2.45) is 0 Å². The number of rotatable bonds is 13. The van der Waals surface area contributed by atoms with Crippen molar-refractivity contribution in [2.75, 3.05) is 32.4 Å². The molecule has 0 saturated heterocycles. The molecule has 15 nitrogen and oxygen atoms in total. The van der Waals surface area contributed by atoms with E-state index in [1.165, 1.54) is 81.4 Å². The SMILES string of the molecule is COC(=O)c1cncc(O)c1.COC[C@H](C)Oc1cc(Oc2ccc(S(C)(=O)=O)cc2)cc(C(=O)Nc2ncc(Oc3cncc(C(C)=O)c3)s2)c1. The van der Waals surface area contributed by atoms with E-state index in [0.717, 1.165) is 17.6 Å². The van der Waals surface area contributed by atoms with E-state index in [4.69, 9.17) is 24.1 Å². The van der Waals surface area contributed by atoms with Crippen molar-refractivity contribution in [2.45, 2.75) is 24.8 Å². The van der Waals surface area contributed by atoms with Crippen molar-refractivity contribution in [3.05, 3.63) is 102 Å². The summed E-state index contributed by atoms with van der Waals surface area (Å²) in [5, 5.41) is 12.3. The third kappa shape index (κ3) is 11.6. The number of nitrogens with one attached hydrogen (secondary N) is 1. The molecule has 0 unspecified atom stereocenters. The molecule has 0 aliphatic heterocycles. The smallest absolute Gasteiger partial charge is 0.339 e. The summed E-state index contributed by atoms with van der Waals surface area (Å²) in [5.74, 6) is 0.222. The lowest BCUT2D eigenvalue weighted by atomic mass is 10.2. The summed E-state index contributed by atoms with van der Waals surface area (Å²) >= 11 is 1.09. The average Bonchev–Trinajstić information content (AvgIpc) is 3.54. The van der Waals surface area contributed by atoms with Crippen LogP contribution in [0, 0.1) is 0 Å². The summed E-state index contributed by atoms with van der Waals surface area (Å²) in [7, 11) is -0.532. The Labute approximate surface area is 303 Å². The zero-order valence-electron chi connectivity index (χ0n) is 28.6. The van der Waals surface area contributed by atoms with Crippen LogP contribution >= 0.6 is 11.3 Å². The molecule has 3 aromatic heterocycles. The number of amides is 1. The number of anilines is 1. The van der Waals surface area contributed by atoms with Gasteiger partial charge in [-0.15, -0.1) is 0 Å². The van der Waals surface area contributed by atoms with E-state index in [-0.39, 0.29) is 38.8 Å². The molecule has 17 heteroatoms. The zero-order chi connectivity index (χ0) is 37.8. The molecule has 0 radical (unpaired) electrons. The number of aromatic nitrogens is 3. The maximum atomic E-state index is 13.2. The van der Waals surface area contributed by atoms with Crippen LogP contribution in [0.3, 0.4) is 0 Å². The molecule has 0 bridgehead atoms. The number of hydrogen-bond acceptors (Lipinski definition) is 15. The van der Waals surface area contributed by atoms with Crippen LogP contribution in [0.15, 0.2) is 90.5 Å². The number of benzene rings is 2. The van der Waals surface area contributed by atoms with Crippen LogP contribution in [-0.4, -0.2) is 79.3 Å². The number of ketones is 1. The van der Waals surface area contributed by atoms with Crippen molar-refractivity contribution < 1.29 is 51.6 Å². The zero-order valence-corrected chi connectivity index (χ0v) is 30.2. The fourth-order valence-corrected chi connectivity index (χ4v) is 5.51. The number of Topliss-reactive ketones (excluding diaryl/α,β-unsaturated/α-hetero) is 1. The molecule has 52 heavy (non-hydrogen) atoms. The first kappa shape index (κ1) is 38.9. The van der Waals surface area contributed by atoms with Crippen molar-refractivity contribution >= 4 is 44.0 Å². The van der Waals surface area contributed by atoms with E-state index in [9.17, 15) is 22.8 Å². The van der Waals surface area contributed by atoms with Crippen LogP contribution in [0.4, 0.5) is 5.13 Å². The number of esters is 1. The van der Waals surface area contributed by atoms with E-state index in [1.807, 2.05) is 6.92 Å². The second-order valence-electron chi connectivity index (χ2n) is 10.9. The Morgan fingerprint density at radius 2 is 1.50 bits per heavy atom.